The quantitative estimate of drug-likeness (QED) is 0.527. The zero-order valence-electron chi connectivity index (χ0n) is 9.05. The average molecular weight is 252 g/mol. The Morgan fingerprint density at radius 2 is 2.25 bits per heavy atom. The van der Waals surface area contributed by atoms with Crippen LogP contribution in [-0.2, 0) is 19.8 Å². The van der Waals surface area contributed by atoms with Gasteiger partial charge in [-0.2, -0.15) is 8.42 Å². The molecule has 1 aliphatic rings. The van der Waals surface area contributed by atoms with Crippen molar-refractivity contribution in [2.24, 2.45) is 0 Å². The summed E-state index contributed by atoms with van der Waals surface area (Å²) < 4.78 is 34.8. The number of carbonyl (C=O) groups is 1. The van der Waals surface area contributed by atoms with Gasteiger partial charge in [0.05, 0.1) is 6.61 Å². The molecule has 0 amide bonds. The van der Waals surface area contributed by atoms with Gasteiger partial charge in [-0.3, -0.25) is 9.35 Å². The van der Waals surface area contributed by atoms with Gasteiger partial charge in [-0.25, -0.2) is 5.01 Å². The monoisotopic (exact) mass is 252 g/mol. The van der Waals surface area contributed by atoms with E-state index in [0.717, 1.165) is 12.8 Å². The minimum Gasteiger partial charge on any atom is -0.465 e. The molecule has 1 rings (SSSR count). The number of esters is 1. The first-order valence-corrected chi connectivity index (χ1v) is 6.56. The maximum absolute atomic E-state index is 11.5. The van der Waals surface area contributed by atoms with Crippen LogP contribution in [0.25, 0.3) is 0 Å². The summed E-state index contributed by atoms with van der Waals surface area (Å²) in [5.74, 6) is -0.474. The van der Waals surface area contributed by atoms with Crippen molar-refractivity contribution in [2.45, 2.75) is 32.2 Å². The van der Waals surface area contributed by atoms with E-state index in [1.54, 1.807) is 6.92 Å². The molecule has 16 heavy (non-hydrogen) atoms. The molecule has 2 N–H and O–H groups in total. The van der Waals surface area contributed by atoms with Crippen LogP contribution in [0.1, 0.15) is 26.2 Å². The van der Waals surface area contributed by atoms with Crippen LogP contribution >= 0.6 is 0 Å². The molecule has 1 unspecified atom stereocenters. The van der Waals surface area contributed by atoms with Crippen LogP contribution in [0.2, 0.25) is 0 Å². The fourth-order valence-corrected chi connectivity index (χ4v) is 2.19. The van der Waals surface area contributed by atoms with E-state index in [9.17, 15) is 13.2 Å². The molecule has 1 heterocycles. The average Bonchev–Trinajstić information content (AvgIpc) is 2.16. The van der Waals surface area contributed by atoms with Crippen LogP contribution in [-0.4, -0.2) is 43.1 Å². The number of nitrogens with one attached hydrogen (secondary N) is 1. The summed E-state index contributed by atoms with van der Waals surface area (Å²) in [5.41, 5.74) is 0. The summed E-state index contributed by atoms with van der Waals surface area (Å²) in [6, 6.07) is -0.657. The predicted octanol–water partition coefficient (Wildman–Crippen LogP) is -0.289. The van der Waals surface area contributed by atoms with E-state index < -0.39 is 22.3 Å². The normalized spacial score (nSPS) is 23.0. The van der Waals surface area contributed by atoms with Gasteiger partial charge in [0.2, 0.25) is 0 Å². The number of piperidine rings is 1. The van der Waals surface area contributed by atoms with E-state index in [1.807, 2.05) is 4.83 Å². The third-order valence-corrected chi connectivity index (χ3v) is 2.76. The Labute approximate surface area is 94.6 Å². The van der Waals surface area contributed by atoms with Crippen molar-refractivity contribution in [3.63, 3.8) is 0 Å². The minimum absolute atomic E-state index is 0.245. The highest BCUT2D eigenvalue weighted by Gasteiger charge is 2.31. The Balaban J connectivity index is 2.67. The summed E-state index contributed by atoms with van der Waals surface area (Å²) in [4.78, 5) is 13.4. The van der Waals surface area contributed by atoms with Gasteiger partial charge in [0.25, 0.3) is 0 Å². The highest BCUT2D eigenvalue weighted by atomic mass is 32.2. The Bertz CT molecular complexity index is 342. The van der Waals surface area contributed by atoms with Crippen LogP contribution in [0.5, 0.6) is 0 Å². The van der Waals surface area contributed by atoms with E-state index in [0.29, 0.717) is 13.0 Å². The molecule has 1 atom stereocenters. The van der Waals surface area contributed by atoms with Gasteiger partial charge in [0, 0.05) is 6.54 Å². The summed E-state index contributed by atoms with van der Waals surface area (Å²) in [5, 5.41) is 1.21. The van der Waals surface area contributed by atoms with Gasteiger partial charge in [-0.05, 0) is 26.2 Å². The van der Waals surface area contributed by atoms with Crippen molar-refractivity contribution in [1.82, 2.24) is 9.84 Å². The van der Waals surface area contributed by atoms with Gasteiger partial charge < -0.3 is 4.74 Å². The van der Waals surface area contributed by atoms with Crippen LogP contribution in [0.3, 0.4) is 0 Å². The molecule has 8 heteroatoms. The molecule has 0 saturated carbocycles. The topological polar surface area (TPSA) is 95.9 Å². The van der Waals surface area contributed by atoms with Crippen molar-refractivity contribution in [1.29, 1.82) is 0 Å². The lowest BCUT2D eigenvalue weighted by Gasteiger charge is -2.32. The maximum Gasteiger partial charge on any atom is 0.346 e. The lowest BCUT2D eigenvalue weighted by molar-refractivity contribution is -0.151. The second-order valence-corrected chi connectivity index (χ2v) is 4.66. The molecular weight excluding hydrogens is 236 g/mol. The molecular formula is C8H16N2O5S. The molecule has 0 aromatic carbocycles. The summed E-state index contributed by atoms with van der Waals surface area (Å²) in [6.45, 7) is 2.31. The van der Waals surface area contributed by atoms with Gasteiger partial charge in [-0.1, -0.05) is 0 Å². The van der Waals surface area contributed by atoms with Crippen LogP contribution < -0.4 is 4.83 Å². The van der Waals surface area contributed by atoms with Crippen LogP contribution in [0.15, 0.2) is 0 Å². The van der Waals surface area contributed by atoms with Crippen molar-refractivity contribution < 1.29 is 22.5 Å². The van der Waals surface area contributed by atoms with E-state index in [4.69, 9.17) is 9.29 Å². The van der Waals surface area contributed by atoms with Crippen molar-refractivity contribution in [2.75, 3.05) is 13.2 Å². The fraction of sp³-hybridized carbons (Fsp3) is 0.875. The Morgan fingerprint density at radius 1 is 1.56 bits per heavy atom. The lowest BCUT2D eigenvalue weighted by atomic mass is 10.0. The first-order valence-electron chi connectivity index (χ1n) is 5.12. The number of nitrogens with zero attached hydrogens (tertiary/aromatic N) is 1. The third kappa shape index (κ3) is 4.05. The van der Waals surface area contributed by atoms with Crippen molar-refractivity contribution in [3.05, 3.63) is 0 Å². The van der Waals surface area contributed by atoms with E-state index >= 15 is 0 Å². The SMILES string of the molecule is CCOC(=O)C1CCCCN1NS(=O)(=O)O. The molecule has 0 aromatic rings. The number of rotatable bonds is 4. The maximum atomic E-state index is 11.5. The molecule has 0 radical (unpaired) electrons. The van der Waals surface area contributed by atoms with E-state index in [-0.39, 0.29) is 6.61 Å². The zero-order valence-corrected chi connectivity index (χ0v) is 9.87. The van der Waals surface area contributed by atoms with Crippen LogP contribution in [0, 0.1) is 0 Å². The molecule has 0 aliphatic carbocycles. The summed E-state index contributed by atoms with van der Waals surface area (Å²) in [7, 11) is -4.34. The Morgan fingerprint density at radius 3 is 2.81 bits per heavy atom. The Kier molecular flexibility index (Phi) is 4.66. The number of hydrazine groups is 1. The standard InChI is InChI=1S/C8H16N2O5S/c1-2-15-8(11)7-5-3-4-6-10(7)9-16(12,13)14/h7,9H,2-6H2,1H3,(H,12,13,14). The number of ether oxygens (including phenoxy) is 1. The van der Waals surface area contributed by atoms with Gasteiger partial charge in [0.15, 0.2) is 0 Å². The first-order chi connectivity index (χ1) is 7.44. The fourth-order valence-electron chi connectivity index (χ4n) is 1.67. The van der Waals surface area contributed by atoms with Crippen LogP contribution in [0.4, 0.5) is 0 Å². The van der Waals surface area contributed by atoms with Gasteiger partial charge in [0.1, 0.15) is 6.04 Å². The third-order valence-electron chi connectivity index (χ3n) is 2.29. The van der Waals surface area contributed by atoms with E-state index in [2.05, 4.69) is 0 Å². The first kappa shape index (κ1) is 13.4. The minimum atomic E-state index is -4.34. The zero-order chi connectivity index (χ0) is 12.2. The number of hydrogen-bond donors (Lipinski definition) is 2. The van der Waals surface area contributed by atoms with E-state index in [1.165, 1.54) is 5.01 Å². The highest BCUT2D eigenvalue weighted by Crippen LogP contribution is 2.16. The highest BCUT2D eigenvalue weighted by molar-refractivity contribution is 7.83. The molecule has 1 fully saturated rings. The molecule has 1 aliphatic heterocycles. The molecule has 7 nitrogen and oxygen atoms in total. The smallest absolute Gasteiger partial charge is 0.346 e. The Hall–Kier alpha value is -0.700. The van der Waals surface area contributed by atoms with Crippen molar-refractivity contribution >= 4 is 16.3 Å². The summed E-state index contributed by atoms with van der Waals surface area (Å²) in [6.07, 6.45) is 2.10. The lowest BCUT2D eigenvalue weighted by Crippen LogP contribution is -2.54. The van der Waals surface area contributed by atoms with Crippen molar-refractivity contribution in [3.8, 4) is 0 Å². The second kappa shape index (κ2) is 5.58. The van der Waals surface area contributed by atoms with Gasteiger partial charge >= 0.3 is 16.3 Å². The molecule has 0 spiro atoms. The molecule has 94 valence electrons. The summed E-state index contributed by atoms with van der Waals surface area (Å²) >= 11 is 0. The molecule has 1 saturated heterocycles. The van der Waals surface area contributed by atoms with Gasteiger partial charge in [-0.15, -0.1) is 4.83 Å². The number of hydrogen-bond acceptors (Lipinski definition) is 5. The molecule has 0 aromatic heterocycles. The molecule has 0 bridgehead atoms. The predicted molar refractivity (Wildman–Crippen MR) is 55.7 cm³/mol. The number of carbonyl (C=O) groups excluding carboxylic acids is 1. The second-order valence-electron chi connectivity index (χ2n) is 3.52. The largest absolute Gasteiger partial charge is 0.465 e.